The van der Waals surface area contributed by atoms with Crippen molar-refractivity contribution >= 4 is 11.0 Å². The molecule has 0 spiro atoms. The van der Waals surface area contributed by atoms with E-state index in [0.717, 1.165) is 11.0 Å². The van der Waals surface area contributed by atoms with E-state index in [4.69, 9.17) is 0 Å². The van der Waals surface area contributed by atoms with Crippen molar-refractivity contribution in [1.29, 1.82) is 0 Å². The van der Waals surface area contributed by atoms with Gasteiger partial charge in [-0.25, -0.2) is 4.68 Å². The Morgan fingerprint density at radius 1 is 1.21 bits per heavy atom. The summed E-state index contributed by atoms with van der Waals surface area (Å²) in [6, 6.07) is 6.34. The largest absolute Gasteiger partial charge is 0.248 e. The highest BCUT2D eigenvalue weighted by atomic mass is 15.4. The van der Waals surface area contributed by atoms with Crippen molar-refractivity contribution < 1.29 is 0 Å². The van der Waals surface area contributed by atoms with E-state index in [1.165, 1.54) is 5.56 Å². The van der Waals surface area contributed by atoms with Crippen LogP contribution in [0.25, 0.3) is 11.0 Å². The van der Waals surface area contributed by atoms with E-state index < -0.39 is 0 Å². The molecule has 0 aliphatic carbocycles. The molecule has 3 nitrogen and oxygen atoms in total. The molecule has 0 atom stereocenters. The zero-order chi connectivity index (χ0) is 10.3. The van der Waals surface area contributed by atoms with E-state index in [1.54, 1.807) is 4.68 Å². The summed E-state index contributed by atoms with van der Waals surface area (Å²) >= 11 is 0. The Bertz CT molecular complexity index is 463. The molecule has 0 aliphatic heterocycles. The fourth-order valence-electron chi connectivity index (χ4n) is 1.51. The van der Waals surface area contributed by atoms with Crippen molar-refractivity contribution in [3.8, 4) is 0 Å². The number of hydrogen-bond donors (Lipinski definition) is 0. The number of rotatable bonds is 0. The van der Waals surface area contributed by atoms with Crippen LogP contribution in [0.15, 0.2) is 18.2 Å². The van der Waals surface area contributed by atoms with Gasteiger partial charge in [0.25, 0.3) is 0 Å². The van der Waals surface area contributed by atoms with Gasteiger partial charge >= 0.3 is 0 Å². The first-order valence-corrected chi connectivity index (χ1v) is 4.78. The maximum atomic E-state index is 4.11. The fraction of sp³-hybridized carbons (Fsp3) is 0.455. The first kappa shape index (κ1) is 9.19. The molecule has 0 unspecified atom stereocenters. The van der Waals surface area contributed by atoms with Crippen LogP contribution in [0, 0.1) is 0 Å². The van der Waals surface area contributed by atoms with Crippen molar-refractivity contribution in [2.45, 2.75) is 26.2 Å². The quantitative estimate of drug-likeness (QED) is 0.636. The van der Waals surface area contributed by atoms with Crippen LogP contribution in [0.3, 0.4) is 0 Å². The van der Waals surface area contributed by atoms with Crippen molar-refractivity contribution in [3.05, 3.63) is 23.8 Å². The summed E-state index contributed by atoms with van der Waals surface area (Å²) in [5, 5.41) is 8.09. The van der Waals surface area contributed by atoms with Gasteiger partial charge in [0.05, 0.1) is 5.52 Å². The lowest BCUT2D eigenvalue weighted by Gasteiger charge is -2.18. The van der Waals surface area contributed by atoms with Crippen LogP contribution in [-0.4, -0.2) is 15.0 Å². The molecule has 0 N–H and O–H groups in total. The van der Waals surface area contributed by atoms with Crippen molar-refractivity contribution in [2.24, 2.45) is 7.05 Å². The standard InChI is InChI=1S/C11H15N3/c1-11(2,3)8-5-6-10-9(7-8)12-13-14(10)4/h5-7H,1-4H3. The second-order valence-corrected chi connectivity index (χ2v) is 4.67. The van der Waals surface area contributed by atoms with Gasteiger partial charge in [-0.3, -0.25) is 0 Å². The molecule has 0 radical (unpaired) electrons. The molecule has 1 aromatic heterocycles. The molecule has 2 aromatic rings. The van der Waals surface area contributed by atoms with Crippen LogP contribution >= 0.6 is 0 Å². The third-order valence-electron chi connectivity index (χ3n) is 2.48. The summed E-state index contributed by atoms with van der Waals surface area (Å²) < 4.78 is 1.79. The van der Waals surface area contributed by atoms with Gasteiger partial charge in [-0.05, 0) is 23.1 Å². The molecule has 0 bridgehead atoms. The maximum Gasteiger partial charge on any atom is 0.113 e. The van der Waals surface area contributed by atoms with E-state index in [0.29, 0.717) is 0 Å². The Morgan fingerprint density at radius 3 is 2.57 bits per heavy atom. The van der Waals surface area contributed by atoms with Gasteiger partial charge in [0, 0.05) is 7.05 Å². The van der Waals surface area contributed by atoms with Gasteiger partial charge in [-0.2, -0.15) is 0 Å². The lowest BCUT2D eigenvalue weighted by molar-refractivity contribution is 0.591. The Hall–Kier alpha value is -1.38. The molecule has 2 rings (SSSR count). The van der Waals surface area contributed by atoms with Crippen LogP contribution in [0.2, 0.25) is 0 Å². The third kappa shape index (κ3) is 1.39. The fourth-order valence-corrected chi connectivity index (χ4v) is 1.51. The highest BCUT2D eigenvalue weighted by Crippen LogP contribution is 2.24. The Kier molecular flexibility index (Phi) is 1.84. The van der Waals surface area contributed by atoms with E-state index >= 15 is 0 Å². The van der Waals surface area contributed by atoms with Crippen molar-refractivity contribution in [2.75, 3.05) is 0 Å². The lowest BCUT2D eigenvalue weighted by Crippen LogP contribution is -2.10. The van der Waals surface area contributed by atoms with Gasteiger partial charge in [0.2, 0.25) is 0 Å². The molecule has 3 heteroatoms. The summed E-state index contributed by atoms with van der Waals surface area (Å²) in [5.41, 5.74) is 3.52. The SMILES string of the molecule is Cn1nnc2cc(C(C)(C)C)ccc21. The topological polar surface area (TPSA) is 30.7 Å². The third-order valence-corrected chi connectivity index (χ3v) is 2.48. The predicted molar refractivity (Wildman–Crippen MR) is 57.2 cm³/mol. The van der Waals surface area contributed by atoms with Gasteiger partial charge in [-0.15, -0.1) is 5.10 Å². The second-order valence-electron chi connectivity index (χ2n) is 4.67. The zero-order valence-electron chi connectivity index (χ0n) is 9.07. The zero-order valence-corrected chi connectivity index (χ0v) is 9.07. The summed E-state index contributed by atoms with van der Waals surface area (Å²) in [6.45, 7) is 6.60. The minimum Gasteiger partial charge on any atom is -0.248 e. The second kappa shape index (κ2) is 2.80. The first-order chi connectivity index (χ1) is 6.48. The normalized spacial score (nSPS) is 12.3. The molecule has 1 heterocycles. The lowest BCUT2D eigenvalue weighted by atomic mass is 9.87. The molecule has 1 aromatic carbocycles. The molecule has 14 heavy (non-hydrogen) atoms. The van der Waals surface area contributed by atoms with E-state index in [2.05, 4.69) is 49.3 Å². The molecule has 0 amide bonds. The van der Waals surface area contributed by atoms with Gasteiger partial charge in [0.15, 0.2) is 0 Å². The molecule has 0 fully saturated rings. The number of aryl methyl sites for hydroxylation is 1. The van der Waals surface area contributed by atoms with Gasteiger partial charge in [-0.1, -0.05) is 32.1 Å². The molecular weight excluding hydrogens is 174 g/mol. The monoisotopic (exact) mass is 189 g/mol. The van der Waals surface area contributed by atoms with Gasteiger partial charge in [0.1, 0.15) is 5.52 Å². The Balaban J connectivity index is 2.63. The Morgan fingerprint density at radius 2 is 1.93 bits per heavy atom. The van der Waals surface area contributed by atoms with Crippen LogP contribution < -0.4 is 0 Å². The van der Waals surface area contributed by atoms with Crippen LogP contribution in [0.4, 0.5) is 0 Å². The Labute approximate surface area is 83.7 Å². The molecule has 74 valence electrons. The van der Waals surface area contributed by atoms with Crippen LogP contribution in [0.5, 0.6) is 0 Å². The number of nitrogens with zero attached hydrogens (tertiary/aromatic N) is 3. The highest BCUT2D eigenvalue weighted by Gasteiger charge is 2.14. The van der Waals surface area contributed by atoms with Crippen LogP contribution in [0.1, 0.15) is 26.3 Å². The average Bonchev–Trinajstić information content (AvgIpc) is 2.46. The van der Waals surface area contributed by atoms with E-state index in [-0.39, 0.29) is 5.41 Å². The van der Waals surface area contributed by atoms with Crippen molar-refractivity contribution in [3.63, 3.8) is 0 Å². The predicted octanol–water partition coefficient (Wildman–Crippen LogP) is 2.27. The van der Waals surface area contributed by atoms with E-state index in [9.17, 15) is 0 Å². The summed E-state index contributed by atoms with van der Waals surface area (Å²) in [7, 11) is 1.91. The summed E-state index contributed by atoms with van der Waals surface area (Å²) in [5.74, 6) is 0. The highest BCUT2D eigenvalue weighted by molar-refractivity contribution is 5.75. The number of fused-ring (bicyclic) bond motifs is 1. The number of hydrogen-bond acceptors (Lipinski definition) is 2. The maximum absolute atomic E-state index is 4.11. The summed E-state index contributed by atoms with van der Waals surface area (Å²) in [4.78, 5) is 0. The smallest absolute Gasteiger partial charge is 0.113 e. The van der Waals surface area contributed by atoms with Crippen LogP contribution in [-0.2, 0) is 12.5 Å². The van der Waals surface area contributed by atoms with Gasteiger partial charge < -0.3 is 0 Å². The molecule has 0 saturated carbocycles. The van der Waals surface area contributed by atoms with E-state index in [1.807, 2.05) is 7.05 Å². The minimum atomic E-state index is 0.172. The number of benzene rings is 1. The molecule has 0 aliphatic rings. The molecular formula is C11H15N3. The van der Waals surface area contributed by atoms with Crippen molar-refractivity contribution in [1.82, 2.24) is 15.0 Å². The molecule has 0 saturated heterocycles. The summed E-state index contributed by atoms with van der Waals surface area (Å²) in [6.07, 6.45) is 0. The number of aromatic nitrogens is 3. The minimum absolute atomic E-state index is 0.172. The first-order valence-electron chi connectivity index (χ1n) is 4.78. The average molecular weight is 189 g/mol.